The SMILES string of the molecule is CC.CC.CCC.Nc1ccc(Cl)cc1.O=C1Nc2ccc(Cl)cc2[C@@](C#CC2CC2)(C(F)(F)F)O1.O=C1Nc2ccc(Cl)cc2[C@@](C#CC2CC2)(C(F)(F)F)O1. The summed E-state index contributed by atoms with van der Waals surface area (Å²) in [6.07, 6.45) is -7.83. The van der Waals surface area contributed by atoms with Gasteiger partial charge in [-0.1, -0.05) is 94.6 Å². The van der Waals surface area contributed by atoms with Crippen LogP contribution in [-0.4, -0.2) is 24.5 Å². The molecule has 2 fully saturated rings. The van der Waals surface area contributed by atoms with E-state index in [-0.39, 0.29) is 44.4 Å². The van der Waals surface area contributed by atoms with Crippen LogP contribution in [0.4, 0.5) is 53.0 Å². The Bertz CT molecular complexity index is 1810. The van der Waals surface area contributed by atoms with Gasteiger partial charge in [0.25, 0.3) is 11.2 Å². The van der Waals surface area contributed by atoms with E-state index in [4.69, 9.17) is 40.5 Å². The smallest absolute Gasteiger partial charge is 0.415 e. The number of nitrogens with one attached hydrogen (secondary N) is 2. The molecule has 310 valence electrons. The van der Waals surface area contributed by atoms with Gasteiger partial charge in [0.2, 0.25) is 0 Å². The number of halogens is 9. The third kappa shape index (κ3) is 13.3. The Labute approximate surface area is 344 Å². The standard InChI is InChI=1S/2C14H9ClF3NO2.C6H6ClN.C3H8.2C2H6/c2*15-9-3-4-11-10(7-9)13(14(16,17)18,21-12(20)19-11)6-5-8-1-2-8;7-5-1-3-6(8)4-2-5;1-3-2;2*1-2/h2*3-4,7-8H,1-2H2,(H,19,20);1-4H,8H2;3H2,1-2H3;2*1-2H3/t2*13-;;;;/m00..../s1. The number of cyclic esters (lactones) is 2. The van der Waals surface area contributed by atoms with Crippen LogP contribution in [0.25, 0.3) is 0 Å². The van der Waals surface area contributed by atoms with Crippen molar-refractivity contribution < 1.29 is 45.4 Å². The van der Waals surface area contributed by atoms with Gasteiger partial charge in [0.1, 0.15) is 0 Å². The number of nitrogens with two attached hydrogens (primary N) is 1. The molecular formula is C41H44Cl3F6N3O4. The van der Waals surface area contributed by atoms with Gasteiger partial charge in [0, 0.05) is 43.7 Å². The van der Waals surface area contributed by atoms with Crippen molar-refractivity contribution >= 4 is 64.1 Å². The van der Waals surface area contributed by atoms with E-state index >= 15 is 0 Å². The molecular weight excluding hydrogens is 819 g/mol. The number of rotatable bonds is 0. The molecule has 0 unspecified atom stereocenters. The average Bonchev–Trinajstić information content (AvgIpc) is 4.09. The first kappa shape index (κ1) is 48.7. The van der Waals surface area contributed by atoms with Crippen molar-refractivity contribution in [1.29, 1.82) is 0 Å². The minimum atomic E-state index is -4.87. The fourth-order valence-electron chi connectivity index (χ4n) is 4.57. The monoisotopic (exact) mass is 861 g/mol. The van der Waals surface area contributed by atoms with Crippen LogP contribution in [0.3, 0.4) is 0 Å². The maximum atomic E-state index is 13.6. The Hall–Kier alpha value is -4.43. The molecule has 7 nitrogen and oxygen atoms in total. The van der Waals surface area contributed by atoms with Crippen molar-refractivity contribution in [3.63, 3.8) is 0 Å². The molecule has 16 heteroatoms. The van der Waals surface area contributed by atoms with Crippen LogP contribution in [0.5, 0.6) is 0 Å². The molecule has 4 N–H and O–H groups in total. The van der Waals surface area contributed by atoms with Crippen LogP contribution < -0.4 is 16.4 Å². The molecule has 7 rings (SSSR count). The van der Waals surface area contributed by atoms with E-state index in [1.807, 2.05) is 27.7 Å². The normalized spacial score (nSPS) is 19.7. The summed E-state index contributed by atoms with van der Waals surface area (Å²) >= 11 is 17.1. The van der Waals surface area contributed by atoms with Gasteiger partial charge in [0.05, 0.1) is 11.4 Å². The number of carbonyl (C=O) groups excluding carboxylic acids is 2. The van der Waals surface area contributed by atoms with Crippen LogP contribution in [0.2, 0.25) is 15.1 Å². The van der Waals surface area contributed by atoms with Crippen LogP contribution in [-0.2, 0) is 20.7 Å². The lowest BCUT2D eigenvalue weighted by atomic mass is 9.90. The molecule has 57 heavy (non-hydrogen) atoms. The molecule has 2 saturated carbocycles. The molecule has 0 radical (unpaired) electrons. The quantitative estimate of drug-likeness (QED) is 0.119. The van der Waals surface area contributed by atoms with E-state index in [0.29, 0.717) is 0 Å². The molecule has 0 bridgehead atoms. The number of carbonyl (C=O) groups is 2. The lowest BCUT2D eigenvalue weighted by Gasteiger charge is -2.35. The molecule has 3 aromatic carbocycles. The second-order valence-corrected chi connectivity index (χ2v) is 13.4. The molecule has 3 aromatic rings. The number of hydrogen-bond acceptors (Lipinski definition) is 5. The summed E-state index contributed by atoms with van der Waals surface area (Å²) in [6.45, 7) is 12.2. The number of alkyl halides is 6. The predicted octanol–water partition coefficient (Wildman–Crippen LogP) is 13.5. The number of hydrogen-bond donors (Lipinski definition) is 3. The maximum absolute atomic E-state index is 13.6. The van der Waals surface area contributed by atoms with E-state index in [9.17, 15) is 35.9 Å². The summed E-state index contributed by atoms with van der Waals surface area (Å²) < 4.78 is 90.8. The number of benzene rings is 3. The summed E-state index contributed by atoms with van der Waals surface area (Å²) in [5.41, 5.74) is -0.431. The van der Waals surface area contributed by atoms with Gasteiger partial charge in [-0.25, -0.2) is 9.59 Å². The van der Waals surface area contributed by atoms with E-state index in [2.05, 4.69) is 57.6 Å². The van der Waals surface area contributed by atoms with Gasteiger partial charge in [-0.3, -0.25) is 10.6 Å². The van der Waals surface area contributed by atoms with Crippen LogP contribution in [0.15, 0.2) is 60.7 Å². The molecule has 2 atom stereocenters. The van der Waals surface area contributed by atoms with Crippen molar-refractivity contribution in [3.8, 4) is 23.7 Å². The molecule has 2 aliphatic heterocycles. The Morgan fingerprint density at radius 1 is 0.649 bits per heavy atom. The van der Waals surface area contributed by atoms with Gasteiger partial charge >= 0.3 is 24.5 Å². The summed E-state index contributed by atoms with van der Waals surface area (Å²) in [5, 5.41) is 5.39. The first-order valence-electron chi connectivity index (χ1n) is 18.1. The zero-order valence-electron chi connectivity index (χ0n) is 32.1. The molecule has 2 heterocycles. The van der Waals surface area contributed by atoms with Crippen molar-refractivity contribution in [2.75, 3.05) is 16.4 Å². The fraction of sp³-hybridized carbons (Fsp3) is 0.415. The molecule has 2 amide bonds. The van der Waals surface area contributed by atoms with Gasteiger partial charge in [-0.15, -0.1) is 0 Å². The summed E-state index contributed by atoms with van der Waals surface area (Å²) in [4.78, 5) is 23.0. The topological polar surface area (TPSA) is 103 Å². The maximum Gasteiger partial charge on any atom is 0.445 e. The number of fused-ring (bicyclic) bond motifs is 2. The predicted molar refractivity (Wildman–Crippen MR) is 214 cm³/mol. The van der Waals surface area contributed by atoms with Crippen LogP contribution >= 0.6 is 34.8 Å². The first-order chi connectivity index (χ1) is 26.8. The molecule has 0 aromatic heterocycles. The fourth-order valence-corrected chi connectivity index (χ4v) is 5.04. The average molecular weight is 863 g/mol. The second-order valence-electron chi connectivity index (χ2n) is 12.1. The minimum Gasteiger partial charge on any atom is -0.415 e. The van der Waals surface area contributed by atoms with Gasteiger partial charge in [0.15, 0.2) is 0 Å². The van der Waals surface area contributed by atoms with Crippen molar-refractivity contribution in [2.45, 2.75) is 97.2 Å². The summed E-state index contributed by atoms with van der Waals surface area (Å²) in [6, 6.07) is 14.7. The van der Waals surface area contributed by atoms with E-state index < -0.39 is 35.7 Å². The summed E-state index contributed by atoms with van der Waals surface area (Å²) in [7, 11) is 0. The zero-order valence-corrected chi connectivity index (χ0v) is 34.3. The van der Waals surface area contributed by atoms with Crippen LogP contribution in [0.1, 0.15) is 84.8 Å². The molecule has 0 saturated heterocycles. The van der Waals surface area contributed by atoms with Crippen molar-refractivity contribution in [1.82, 2.24) is 0 Å². The first-order valence-corrected chi connectivity index (χ1v) is 19.3. The van der Waals surface area contributed by atoms with Gasteiger partial charge in [-0.05, 0) is 98.2 Å². The van der Waals surface area contributed by atoms with E-state index in [1.54, 1.807) is 24.3 Å². The number of ether oxygens (including phenoxy) is 2. The molecule has 4 aliphatic rings. The Kier molecular flexibility index (Phi) is 18.3. The largest absolute Gasteiger partial charge is 0.445 e. The lowest BCUT2D eigenvalue weighted by Crippen LogP contribution is -2.49. The van der Waals surface area contributed by atoms with E-state index in [1.165, 1.54) is 30.7 Å². The molecule has 0 spiro atoms. The highest BCUT2D eigenvalue weighted by atomic mass is 35.5. The highest BCUT2D eigenvalue weighted by Crippen LogP contribution is 2.49. The van der Waals surface area contributed by atoms with Crippen molar-refractivity contribution in [3.05, 3.63) is 86.9 Å². The second kappa shape index (κ2) is 21.4. The van der Waals surface area contributed by atoms with Gasteiger partial charge < -0.3 is 15.2 Å². The Morgan fingerprint density at radius 2 is 0.965 bits per heavy atom. The zero-order chi connectivity index (χ0) is 43.2. The van der Waals surface area contributed by atoms with Crippen LogP contribution in [0, 0.1) is 35.5 Å². The number of amides is 2. The van der Waals surface area contributed by atoms with Gasteiger partial charge in [-0.2, -0.15) is 26.3 Å². The highest BCUT2D eigenvalue weighted by Gasteiger charge is 2.63. The van der Waals surface area contributed by atoms with E-state index in [0.717, 1.165) is 48.5 Å². The third-order valence-corrected chi connectivity index (χ3v) is 8.14. The number of anilines is 3. The van der Waals surface area contributed by atoms with Crippen molar-refractivity contribution in [2.24, 2.45) is 11.8 Å². The molecule has 2 aliphatic carbocycles. The Morgan fingerprint density at radius 3 is 1.25 bits per heavy atom. The highest BCUT2D eigenvalue weighted by molar-refractivity contribution is 6.31. The minimum absolute atomic E-state index is 0.00179. The lowest BCUT2D eigenvalue weighted by molar-refractivity contribution is -0.239. The number of nitrogen functional groups attached to an aromatic ring is 1. The summed E-state index contributed by atoms with van der Waals surface area (Å²) in [5.74, 6) is 9.20. The Balaban J connectivity index is 0.000000293. The third-order valence-electron chi connectivity index (χ3n) is 7.41.